The smallest absolute Gasteiger partial charge is 0.160 e. The van der Waals surface area contributed by atoms with Crippen molar-refractivity contribution >= 4 is 43.6 Å². The van der Waals surface area contributed by atoms with Gasteiger partial charge in [-0.1, -0.05) is 182 Å². The molecule has 11 aromatic rings. The molecule has 0 N–H and O–H groups in total. The zero-order valence-electron chi connectivity index (χ0n) is 30.8. The van der Waals surface area contributed by atoms with E-state index in [1.807, 2.05) is 36.4 Å². The first kappa shape index (κ1) is 32.7. The van der Waals surface area contributed by atoms with Crippen molar-refractivity contribution in [3.63, 3.8) is 0 Å². The van der Waals surface area contributed by atoms with Crippen LogP contribution < -0.4 is 0 Å². The first-order valence-electron chi connectivity index (χ1n) is 19.2. The number of para-hydroxylation sites is 2. The number of pyridine rings is 1. The lowest BCUT2D eigenvalue weighted by Gasteiger charge is -2.13. The van der Waals surface area contributed by atoms with Crippen LogP contribution in [0.2, 0.25) is 0 Å². The summed E-state index contributed by atoms with van der Waals surface area (Å²) in [5, 5.41) is 5.41. The number of nitrogens with zero attached hydrogens (tertiary/aromatic N) is 3. The summed E-state index contributed by atoms with van der Waals surface area (Å²) >= 11 is 0. The second-order valence-electron chi connectivity index (χ2n) is 14.3. The SMILES string of the molecule is c1ccc(-c2ccc(-c3cc(-c4ccccc4)nc(-c4ccc(-c5nc6c(-c7cccc8ccccc78)cccc6c6oc7ccccc7c56)cc4)n3)cc2)cc1. The number of fused-ring (bicyclic) bond motifs is 6. The molecule has 0 spiro atoms. The Hall–Kier alpha value is -7.69. The third-order valence-corrected chi connectivity index (χ3v) is 10.9. The van der Waals surface area contributed by atoms with Crippen LogP contribution in [-0.2, 0) is 0 Å². The van der Waals surface area contributed by atoms with Crippen molar-refractivity contribution in [3.8, 4) is 67.4 Å². The lowest BCUT2D eigenvalue weighted by Crippen LogP contribution is -1.96. The molecule has 0 aliphatic carbocycles. The molecule has 3 heterocycles. The lowest BCUT2D eigenvalue weighted by atomic mass is 9.94. The molecular formula is C53H33N3O. The highest BCUT2D eigenvalue weighted by molar-refractivity contribution is 6.21. The van der Waals surface area contributed by atoms with Gasteiger partial charge in [-0.2, -0.15) is 0 Å². The fourth-order valence-corrected chi connectivity index (χ4v) is 8.09. The molecule has 8 aromatic carbocycles. The minimum atomic E-state index is 0.661. The van der Waals surface area contributed by atoms with E-state index in [9.17, 15) is 0 Å². The van der Waals surface area contributed by atoms with Crippen molar-refractivity contribution in [3.05, 3.63) is 200 Å². The number of benzene rings is 8. The molecule has 0 saturated carbocycles. The summed E-state index contributed by atoms with van der Waals surface area (Å²) < 4.78 is 6.68. The van der Waals surface area contributed by atoms with Crippen LogP contribution in [-0.4, -0.2) is 15.0 Å². The van der Waals surface area contributed by atoms with Crippen molar-refractivity contribution in [1.29, 1.82) is 0 Å². The van der Waals surface area contributed by atoms with Gasteiger partial charge >= 0.3 is 0 Å². The van der Waals surface area contributed by atoms with E-state index in [4.69, 9.17) is 19.4 Å². The summed E-state index contributed by atoms with van der Waals surface area (Å²) in [4.78, 5) is 15.8. The molecule has 0 aliphatic heterocycles. The summed E-state index contributed by atoms with van der Waals surface area (Å²) in [6.45, 7) is 0. The molecule has 0 fully saturated rings. The normalized spacial score (nSPS) is 11.5. The van der Waals surface area contributed by atoms with Gasteiger partial charge in [0.05, 0.1) is 28.0 Å². The molecule has 0 atom stereocenters. The predicted octanol–water partition coefficient (Wildman–Crippen LogP) is 14.1. The van der Waals surface area contributed by atoms with Crippen molar-refractivity contribution < 1.29 is 4.42 Å². The average molecular weight is 728 g/mol. The molecule has 0 aliphatic rings. The van der Waals surface area contributed by atoms with Gasteiger partial charge in [0.25, 0.3) is 0 Å². The topological polar surface area (TPSA) is 51.8 Å². The van der Waals surface area contributed by atoms with E-state index in [2.05, 4.69) is 164 Å². The van der Waals surface area contributed by atoms with Gasteiger partial charge in [0.1, 0.15) is 11.2 Å². The molecule has 4 heteroatoms. The van der Waals surface area contributed by atoms with Gasteiger partial charge in [-0.05, 0) is 45.7 Å². The zero-order chi connectivity index (χ0) is 37.7. The first-order valence-corrected chi connectivity index (χ1v) is 19.2. The zero-order valence-corrected chi connectivity index (χ0v) is 30.8. The third kappa shape index (κ3) is 5.74. The minimum Gasteiger partial charge on any atom is -0.455 e. The van der Waals surface area contributed by atoms with Crippen LogP contribution >= 0.6 is 0 Å². The van der Waals surface area contributed by atoms with E-state index in [0.717, 1.165) is 83.3 Å². The number of rotatable bonds is 6. The number of hydrogen-bond donors (Lipinski definition) is 0. The van der Waals surface area contributed by atoms with Gasteiger partial charge in [0.2, 0.25) is 0 Å². The number of furan rings is 1. The first-order chi connectivity index (χ1) is 28.2. The van der Waals surface area contributed by atoms with E-state index >= 15 is 0 Å². The molecule has 0 bridgehead atoms. The molecule has 11 rings (SSSR count). The Morgan fingerprint density at radius 1 is 0.351 bits per heavy atom. The van der Waals surface area contributed by atoms with Gasteiger partial charge in [0, 0.05) is 38.6 Å². The predicted molar refractivity (Wildman–Crippen MR) is 235 cm³/mol. The summed E-state index contributed by atoms with van der Waals surface area (Å²) in [5.41, 5.74) is 13.7. The van der Waals surface area contributed by atoms with Crippen molar-refractivity contribution in [2.45, 2.75) is 0 Å². The number of aromatic nitrogens is 3. The van der Waals surface area contributed by atoms with Gasteiger partial charge in [0.15, 0.2) is 5.82 Å². The Bertz CT molecular complexity index is 3260. The molecule has 0 radical (unpaired) electrons. The van der Waals surface area contributed by atoms with Crippen LogP contribution in [0.25, 0.3) is 111 Å². The standard InChI is InChI=1S/C53H33N3O/c1-3-13-34(14-4-1)35-25-27-38(28-26-35)47-33-46(37-16-5-2-6-17-37)54-53(55-47)40-31-29-39(30-32-40)50-49-44-20-9-10-24-48(44)57-52(49)45-23-12-22-43(51(45)56-50)42-21-11-18-36-15-7-8-19-41(36)42/h1-33H. The minimum absolute atomic E-state index is 0.661. The van der Waals surface area contributed by atoms with Gasteiger partial charge in [-0.25, -0.2) is 15.0 Å². The van der Waals surface area contributed by atoms with E-state index < -0.39 is 0 Å². The van der Waals surface area contributed by atoms with E-state index in [1.165, 1.54) is 21.9 Å². The maximum atomic E-state index is 6.68. The van der Waals surface area contributed by atoms with Crippen LogP contribution in [0.3, 0.4) is 0 Å². The largest absolute Gasteiger partial charge is 0.455 e. The van der Waals surface area contributed by atoms with E-state index in [1.54, 1.807) is 0 Å². The van der Waals surface area contributed by atoms with E-state index in [-0.39, 0.29) is 0 Å². The fourth-order valence-electron chi connectivity index (χ4n) is 8.09. The van der Waals surface area contributed by atoms with Gasteiger partial charge in [-0.15, -0.1) is 0 Å². The Morgan fingerprint density at radius 2 is 0.877 bits per heavy atom. The van der Waals surface area contributed by atoms with Crippen LogP contribution in [0.5, 0.6) is 0 Å². The Labute approximate surface area is 329 Å². The van der Waals surface area contributed by atoms with Gasteiger partial charge in [-0.3, -0.25) is 0 Å². The highest BCUT2D eigenvalue weighted by Gasteiger charge is 2.21. The number of hydrogen-bond acceptors (Lipinski definition) is 4. The van der Waals surface area contributed by atoms with Crippen molar-refractivity contribution in [2.24, 2.45) is 0 Å². The van der Waals surface area contributed by atoms with E-state index in [0.29, 0.717) is 5.82 Å². The maximum Gasteiger partial charge on any atom is 0.160 e. The average Bonchev–Trinajstić information content (AvgIpc) is 3.69. The third-order valence-electron chi connectivity index (χ3n) is 10.9. The summed E-state index contributed by atoms with van der Waals surface area (Å²) in [7, 11) is 0. The summed E-state index contributed by atoms with van der Waals surface area (Å²) in [5.74, 6) is 0.661. The Morgan fingerprint density at radius 3 is 1.65 bits per heavy atom. The second kappa shape index (κ2) is 13.6. The second-order valence-corrected chi connectivity index (χ2v) is 14.3. The van der Waals surface area contributed by atoms with Crippen molar-refractivity contribution in [2.75, 3.05) is 0 Å². The molecule has 0 unspecified atom stereocenters. The Kier molecular flexibility index (Phi) is 7.78. The molecule has 3 aromatic heterocycles. The molecule has 57 heavy (non-hydrogen) atoms. The molecule has 266 valence electrons. The monoisotopic (exact) mass is 727 g/mol. The van der Waals surface area contributed by atoms with Crippen molar-refractivity contribution in [1.82, 2.24) is 15.0 Å². The highest BCUT2D eigenvalue weighted by Crippen LogP contribution is 2.43. The quantitative estimate of drug-likeness (QED) is 0.171. The molecule has 0 saturated heterocycles. The lowest BCUT2D eigenvalue weighted by molar-refractivity contribution is 0.672. The van der Waals surface area contributed by atoms with Crippen LogP contribution in [0, 0.1) is 0 Å². The van der Waals surface area contributed by atoms with Crippen LogP contribution in [0.4, 0.5) is 0 Å². The fraction of sp³-hybridized carbons (Fsp3) is 0. The molecule has 0 amide bonds. The van der Waals surface area contributed by atoms with Gasteiger partial charge < -0.3 is 4.42 Å². The summed E-state index contributed by atoms with van der Waals surface area (Å²) in [6.07, 6.45) is 0. The maximum absolute atomic E-state index is 6.68. The summed E-state index contributed by atoms with van der Waals surface area (Å²) in [6, 6.07) is 69.5. The highest BCUT2D eigenvalue weighted by atomic mass is 16.3. The Balaban J connectivity index is 1.06. The molecular weight excluding hydrogens is 695 g/mol. The van der Waals surface area contributed by atoms with Crippen LogP contribution in [0.15, 0.2) is 205 Å². The molecule has 4 nitrogen and oxygen atoms in total. The van der Waals surface area contributed by atoms with Crippen LogP contribution in [0.1, 0.15) is 0 Å².